The first kappa shape index (κ1) is 13.4. The predicted molar refractivity (Wildman–Crippen MR) is 76.1 cm³/mol. The monoisotopic (exact) mass is 282 g/mol. The number of thioether (sulfide) groups is 1. The van der Waals surface area contributed by atoms with Crippen molar-refractivity contribution in [2.45, 2.75) is 5.16 Å². The highest BCUT2D eigenvalue weighted by Crippen LogP contribution is 2.20. The van der Waals surface area contributed by atoms with Crippen LogP contribution in [0.2, 0.25) is 5.02 Å². The van der Waals surface area contributed by atoms with Gasteiger partial charge in [0.15, 0.2) is 5.82 Å². The van der Waals surface area contributed by atoms with E-state index in [4.69, 9.17) is 11.6 Å². The van der Waals surface area contributed by atoms with Crippen LogP contribution in [0.4, 0.5) is 0 Å². The van der Waals surface area contributed by atoms with Crippen molar-refractivity contribution in [2.75, 3.05) is 26.4 Å². The number of rotatable bonds is 5. The average Bonchev–Trinajstić information content (AvgIpc) is 2.78. The number of aromatic amines is 1. The van der Waals surface area contributed by atoms with Crippen LogP contribution in [0, 0.1) is 0 Å². The number of halogens is 1. The molecule has 96 valence electrons. The van der Waals surface area contributed by atoms with E-state index in [-0.39, 0.29) is 0 Å². The van der Waals surface area contributed by atoms with Gasteiger partial charge in [-0.1, -0.05) is 23.4 Å². The van der Waals surface area contributed by atoms with E-state index in [9.17, 15) is 0 Å². The lowest BCUT2D eigenvalue weighted by Gasteiger charge is -2.06. The molecule has 0 spiro atoms. The highest BCUT2D eigenvalue weighted by Gasteiger charge is 2.06. The molecule has 0 bridgehead atoms. The lowest BCUT2D eigenvalue weighted by atomic mass is 10.2. The van der Waals surface area contributed by atoms with E-state index in [0.717, 1.165) is 33.9 Å². The Balaban J connectivity index is 1.99. The zero-order valence-corrected chi connectivity index (χ0v) is 11.9. The summed E-state index contributed by atoms with van der Waals surface area (Å²) in [6.45, 7) is 1.01. The number of nitrogens with one attached hydrogen (secondary N) is 1. The van der Waals surface area contributed by atoms with Crippen LogP contribution in [0.3, 0.4) is 0 Å². The van der Waals surface area contributed by atoms with Gasteiger partial charge in [0, 0.05) is 22.9 Å². The number of benzene rings is 1. The zero-order valence-electron chi connectivity index (χ0n) is 10.4. The zero-order chi connectivity index (χ0) is 13.0. The fraction of sp³-hybridized carbons (Fsp3) is 0.333. The third kappa shape index (κ3) is 3.73. The Morgan fingerprint density at radius 3 is 2.67 bits per heavy atom. The number of aromatic nitrogens is 3. The molecule has 2 rings (SSSR count). The van der Waals surface area contributed by atoms with E-state index < -0.39 is 0 Å². The molecular formula is C12H15ClN4S. The molecule has 1 aromatic heterocycles. The van der Waals surface area contributed by atoms with Crippen LogP contribution < -0.4 is 0 Å². The lowest BCUT2D eigenvalue weighted by molar-refractivity contribution is 0.437. The largest absolute Gasteiger partial charge is 0.309 e. The summed E-state index contributed by atoms with van der Waals surface area (Å²) in [5.41, 5.74) is 0.992. The maximum absolute atomic E-state index is 5.85. The Morgan fingerprint density at radius 2 is 2.00 bits per heavy atom. The third-order valence-corrected chi connectivity index (χ3v) is 3.43. The van der Waals surface area contributed by atoms with Gasteiger partial charge in [-0.15, -0.1) is 5.10 Å². The molecule has 0 saturated heterocycles. The minimum absolute atomic E-state index is 0.721. The molecule has 2 aromatic rings. The molecule has 1 heterocycles. The van der Waals surface area contributed by atoms with Gasteiger partial charge >= 0.3 is 0 Å². The fourth-order valence-corrected chi connectivity index (χ4v) is 2.40. The SMILES string of the molecule is CN(C)CCSc1n[nH]c(-c2ccc(Cl)cc2)n1. The van der Waals surface area contributed by atoms with Crippen molar-refractivity contribution in [3.8, 4) is 11.4 Å². The van der Waals surface area contributed by atoms with Gasteiger partial charge in [0.1, 0.15) is 0 Å². The van der Waals surface area contributed by atoms with E-state index in [1.54, 1.807) is 11.8 Å². The van der Waals surface area contributed by atoms with E-state index >= 15 is 0 Å². The molecule has 0 unspecified atom stereocenters. The van der Waals surface area contributed by atoms with E-state index in [1.165, 1.54) is 0 Å². The second-order valence-electron chi connectivity index (χ2n) is 4.13. The van der Waals surface area contributed by atoms with Crippen molar-refractivity contribution < 1.29 is 0 Å². The molecule has 0 saturated carbocycles. The van der Waals surface area contributed by atoms with Crippen LogP contribution >= 0.6 is 23.4 Å². The normalized spacial score (nSPS) is 11.1. The lowest BCUT2D eigenvalue weighted by Crippen LogP contribution is -2.14. The van der Waals surface area contributed by atoms with E-state index in [2.05, 4.69) is 34.2 Å². The second kappa shape index (κ2) is 6.22. The van der Waals surface area contributed by atoms with Crippen LogP contribution in [0.25, 0.3) is 11.4 Å². The summed E-state index contributed by atoms with van der Waals surface area (Å²) in [6.07, 6.45) is 0. The average molecular weight is 283 g/mol. The molecule has 6 heteroatoms. The van der Waals surface area contributed by atoms with Gasteiger partial charge in [0.25, 0.3) is 0 Å². The molecular weight excluding hydrogens is 268 g/mol. The molecule has 0 amide bonds. The Morgan fingerprint density at radius 1 is 1.28 bits per heavy atom. The fourth-order valence-electron chi connectivity index (χ4n) is 1.37. The Labute approximate surface area is 116 Å². The van der Waals surface area contributed by atoms with Crippen LogP contribution in [0.15, 0.2) is 29.4 Å². The third-order valence-electron chi connectivity index (χ3n) is 2.35. The Hall–Kier alpha value is -1.04. The Kier molecular flexibility index (Phi) is 4.63. The van der Waals surface area contributed by atoms with Gasteiger partial charge in [-0.2, -0.15) is 0 Å². The summed E-state index contributed by atoms with van der Waals surface area (Å²) in [5, 5.41) is 8.63. The van der Waals surface area contributed by atoms with Gasteiger partial charge in [-0.05, 0) is 38.4 Å². The molecule has 0 aliphatic heterocycles. The smallest absolute Gasteiger partial charge is 0.208 e. The van der Waals surface area contributed by atoms with Crippen molar-refractivity contribution in [1.82, 2.24) is 20.1 Å². The highest BCUT2D eigenvalue weighted by atomic mass is 35.5. The van der Waals surface area contributed by atoms with Crippen molar-refractivity contribution >= 4 is 23.4 Å². The van der Waals surface area contributed by atoms with Gasteiger partial charge in [-0.25, -0.2) is 4.98 Å². The van der Waals surface area contributed by atoms with E-state index in [0.29, 0.717) is 0 Å². The van der Waals surface area contributed by atoms with Crippen LogP contribution in [-0.4, -0.2) is 46.5 Å². The van der Waals surface area contributed by atoms with Gasteiger partial charge in [-0.3, -0.25) is 5.10 Å². The van der Waals surface area contributed by atoms with Crippen LogP contribution in [0.5, 0.6) is 0 Å². The van der Waals surface area contributed by atoms with Gasteiger partial charge < -0.3 is 4.90 Å². The summed E-state index contributed by atoms with van der Waals surface area (Å²) < 4.78 is 0. The number of hydrogen-bond donors (Lipinski definition) is 1. The summed E-state index contributed by atoms with van der Waals surface area (Å²) in [5.74, 6) is 1.75. The minimum Gasteiger partial charge on any atom is -0.309 e. The number of hydrogen-bond acceptors (Lipinski definition) is 4. The first-order chi connectivity index (χ1) is 8.65. The van der Waals surface area contributed by atoms with E-state index in [1.807, 2.05) is 24.3 Å². The summed E-state index contributed by atoms with van der Waals surface area (Å²) >= 11 is 7.49. The Bertz CT molecular complexity index is 495. The highest BCUT2D eigenvalue weighted by molar-refractivity contribution is 7.99. The maximum atomic E-state index is 5.85. The molecule has 0 aliphatic rings. The number of nitrogens with zero attached hydrogens (tertiary/aromatic N) is 3. The van der Waals surface area contributed by atoms with Crippen molar-refractivity contribution in [2.24, 2.45) is 0 Å². The summed E-state index contributed by atoms with van der Waals surface area (Å²) in [6, 6.07) is 7.55. The van der Waals surface area contributed by atoms with Crippen molar-refractivity contribution in [1.29, 1.82) is 0 Å². The standard InChI is InChI=1S/C12H15ClN4S/c1-17(2)7-8-18-12-14-11(15-16-12)9-3-5-10(13)6-4-9/h3-6H,7-8H2,1-2H3,(H,14,15,16). The predicted octanol–water partition coefficient (Wildman–Crippen LogP) is 2.78. The maximum Gasteiger partial charge on any atom is 0.208 e. The van der Waals surface area contributed by atoms with Crippen LogP contribution in [0.1, 0.15) is 0 Å². The minimum atomic E-state index is 0.721. The quantitative estimate of drug-likeness (QED) is 0.857. The first-order valence-corrected chi connectivity index (χ1v) is 6.97. The first-order valence-electron chi connectivity index (χ1n) is 5.61. The van der Waals surface area contributed by atoms with Gasteiger partial charge in [0.05, 0.1) is 0 Å². The summed E-state index contributed by atoms with van der Waals surface area (Å²) in [4.78, 5) is 6.58. The molecule has 1 N–H and O–H groups in total. The molecule has 18 heavy (non-hydrogen) atoms. The molecule has 0 fully saturated rings. The second-order valence-corrected chi connectivity index (χ2v) is 5.62. The molecule has 1 aromatic carbocycles. The van der Waals surface area contributed by atoms with Gasteiger partial charge in [0.2, 0.25) is 5.16 Å². The molecule has 0 radical (unpaired) electrons. The molecule has 4 nitrogen and oxygen atoms in total. The molecule has 0 atom stereocenters. The molecule has 0 aliphatic carbocycles. The van der Waals surface area contributed by atoms with Crippen LogP contribution in [-0.2, 0) is 0 Å². The number of H-pyrrole nitrogens is 1. The topological polar surface area (TPSA) is 44.8 Å². The van der Waals surface area contributed by atoms with Crippen molar-refractivity contribution in [3.05, 3.63) is 29.3 Å². The summed E-state index contributed by atoms with van der Waals surface area (Å²) in [7, 11) is 4.11. The van der Waals surface area contributed by atoms with Crippen molar-refractivity contribution in [3.63, 3.8) is 0 Å².